The highest BCUT2D eigenvalue weighted by molar-refractivity contribution is 7.25. The van der Waals surface area contributed by atoms with E-state index in [2.05, 4.69) is 340 Å². The van der Waals surface area contributed by atoms with Gasteiger partial charge in [-0.1, -0.05) is 195 Å². The summed E-state index contributed by atoms with van der Waals surface area (Å²) in [5.41, 5.74) is 27.7. The fraction of sp³-hybridized carbons (Fsp3) is 0.233. The first-order valence-electron chi connectivity index (χ1n) is 33.4. The minimum absolute atomic E-state index is 0.0277. The standard InChI is InChI=1S/C86H80BN5S/c1-82(2,3)51-30-37-69-63(40-51)64-41-52(83(4,5)6)31-38-70(64)89(69)58-34-36-67-72(47-58)90(59-33-35-62-61-28-22-23-29-77(61)93-78(62)50-59)73-48-60(88(56-24-18-16-19-25-56)57-26-20-17-21-27-57)49-74-79(73)87(67)68-44-55(86(13,14)15)46-76-81(68)92(74)75-45-54(85(10,11)12)43-66-65-42-53(84(7,8)9)32-39-71(65)91(76)80(66)75/h16-50H,1-15H3. The maximum absolute atomic E-state index is 2.73. The topological polar surface area (TPSA) is 19.6 Å². The summed E-state index contributed by atoms with van der Waals surface area (Å²) in [6, 6.07) is 82.8. The summed E-state index contributed by atoms with van der Waals surface area (Å²) in [4.78, 5) is 7.87. The predicted molar refractivity (Wildman–Crippen MR) is 404 cm³/mol. The van der Waals surface area contributed by atoms with Gasteiger partial charge in [0.25, 0.3) is 6.71 Å². The van der Waals surface area contributed by atoms with E-state index in [1.54, 1.807) is 0 Å². The lowest BCUT2D eigenvalue weighted by molar-refractivity contribution is 0.590. The summed E-state index contributed by atoms with van der Waals surface area (Å²) in [5, 5.41) is 7.73. The van der Waals surface area contributed by atoms with E-state index < -0.39 is 0 Å². The molecule has 0 aliphatic carbocycles. The van der Waals surface area contributed by atoms with Crippen LogP contribution in [-0.4, -0.2) is 15.8 Å². The van der Waals surface area contributed by atoms with Crippen molar-refractivity contribution >= 4 is 149 Å². The molecule has 0 N–H and O–H groups in total. The number of hydrogen-bond donors (Lipinski definition) is 0. The van der Waals surface area contributed by atoms with Crippen molar-refractivity contribution < 1.29 is 0 Å². The third kappa shape index (κ3) is 8.71. The summed E-state index contributed by atoms with van der Waals surface area (Å²) in [6.45, 7) is 35.2. The van der Waals surface area contributed by atoms with Gasteiger partial charge in [0.2, 0.25) is 0 Å². The maximum atomic E-state index is 2.73. The van der Waals surface area contributed by atoms with Crippen LogP contribution < -0.4 is 31.1 Å². The van der Waals surface area contributed by atoms with Crippen molar-refractivity contribution in [1.29, 1.82) is 0 Å². The van der Waals surface area contributed by atoms with Gasteiger partial charge in [-0.25, -0.2) is 0 Å². The molecule has 17 rings (SSSR count). The number of para-hydroxylation sites is 2. The lowest BCUT2D eigenvalue weighted by atomic mass is 9.33. The SMILES string of the molecule is CC(C)(C)c1cc2c3c(c1)-n1c4ccc(C(C)(C)C)cc4c4cc(C(C)(C)C)cc(c41)N3c1cc(N(c3ccccc3)c3ccccc3)cc3c1B2c1ccc(-n2c4ccc(C(C)(C)C)cc4c4cc(C(C)(C)C)ccc42)cc1N3c1ccc2c(c1)sc1ccccc12. The highest BCUT2D eigenvalue weighted by Gasteiger charge is 2.48. The fourth-order valence-electron chi connectivity index (χ4n) is 15.6. The van der Waals surface area contributed by atoms with Crippen molar-refractivity contribution in [1.82, 2.24) is 9.13 Å². The smallest absolute Gasteiger partial charge is 0.252 e. The Kier molecular flexibility index (Phi) is 12.2. The summed E-state index contributed by atoms with van der Waals surface area (Å²) in [7, 11) is 0. The first-order chi connectivity index (χ1) is 44.3. The van der Waals surface area contributed by atoms with Crippen LogP contribution in [0.25, 0.3) is 75.2 Å². The number of rotatable bonds is 5. The zero-order valence-corrected chi connectivity index (χ0v) is 57.2. The van der Waals surface area contributed by atoms with E-state index in [1.807, 2.05) is 11.3 Å². The van der Waals surface area contributed by atoms with Crippen LogP contribution in [0.4, 0.5) is 51.2 Å². The summed E-state index contributed by atoms with van der Waals surface area (Å²) >= 11 is 1.89. The van der Waals surface area contributed by atoms with Gasteiger partial charge in [-0.3, -0.25) is 0 Å². The normalized spacial score (nSPS) is 13.9. The Hall–Kier alpha value is -9.30. The van der Waals surface area contributed by atoms with Crippen LogP contribution in [0.5, 0.6) is 0 Å². The van der Waals surface area contributed by atoms with Crippen LogP contribution in [-0.2, 0) is 27.1 Å². The third-order valence-corrected chi connectivity index (χ3v) is 21.8. The quantitative estimate of drug-likeness (QED) is 0.160. The van der Waals surface area contributed by atoms with Crippen LogP contribution in [0.1, 0.15) is 132 Å². The first-order valence-corrected chi connectivity index (χ1v) is 34.2. The van der Waals surface area contributed by atoms with Crippen LogP contribution >= 0.6 is 11.3 Å². The molecule has 3 aromatic heterocycles. The molecule has 0 unspecified atom stereocenters. The molecule has 0 radical (unpaired) electrons. The second-order valence-electron chi connectivity index (χ2n) is 32.0. The zero-order chi connectivity index (χ0) is 64.3. The third-order valence-electron chi connectivity index (χ3n) is 20.7. The van der Waals surface area contributed by atoms with E-state index >= 15 is 0 Å². The lowest BCUT2D eigenvalue weighted by Gasteiger charge is -2.47. The molecule has 458 valence electrons. The average molecular weight is 1230 g/mol. The Balaban J connectivity index is 1.04. The Labute approximate surface area is 552 Å². The Morgan fingerprint density at radius 3 is 1.38 bits per heavy atom. The van der Waals surface area contributed by atoms with Gasteiger partial charge in [-0.05, 0) is 193 Å². The molecule has 0 fully saturated rings. The number of aromatic nitrogens is 2. The number of anilines is 9. The van der Waals surface area contributed by atoms with Crippen molar-refractivity contribution in [2.24, 2.45) is 0 Å². The second-order valence-corrected chi connectivity index (χ2v) is 33.1. The molecule has 7 heteroatoms. The molecule has 93 heavy (non-hydrogen) atoms. The second kappa shape index (κ2) is 19.6. The Morgan fingerprint density at radius 2 is 0.796 bits per heavy atom. The first kappa shape index (κ1) is 57.6. The molecular formula is C86H80BN5S. The Bertz CT molecular complexity index is 5380. The molecular weight excluding hydrogens is 1150 g/mol. The van der Waals surface area contributed by atoms with Gasteiger partial charge in [0, 0.05) is 81.5 Å². The van der Waals surface area contributed by atoms with Gasteiger partial charge < -0.3 is 23.8 Å². The molecule has 11 aromatic carbocycles. The molecule has 0 bridgehead atoms. The molecule has 3 aliphatic rings. The fourth-order valence-corrected chi connectivity index (χ4v) is 16.8. The zero-order valence-electron chi connectivity index (χ0n) is 56.4. The van der Waals surface area contributed by atoms with Gasteiger partial charge in [-0.15, -0.1) is 11.3 Å². The molecule has 3 aliphatic heterocycles. The van der Waals surface area contributed by atoms with Crippen LogP contribution in [0.15, 0.2) is 212 Å². The maximum Gasteiger partial charge on any atom is 0.252 e. The number of nitrogens with zero attached hydrogens (tertiary/aromatic N) is 5. The number of benzene rings is 11. The molecule has 0 atom stereocenters. The lowest BCUT2D eigenvalue weighted by Crippen LogP contribution is -2.62. The van der Waals surface area contributed by atoms with E-state index in [4.69, 9.17) is 0 Å². The minimum atomic E-state index is -0.184. The molecule has 14 aromatic rings. The van der Waals surface area contributed by atoms with Gasteiger partial charge in [0.05, 0.1) is 44.8 Å². The van der Waals surface area contributed by atoms with E-state index in [1.165, 1.54) is 142 Å². The number of hydrogen-bond acceptors (Lipinski definition) is 4. The highest BCUT2D eigenvalue weighted by atomic mass is 32.1. The van der Waals surface area contributed by atoms with E-state index in [0.717, 1.165) is 28.4 Å². The molecule has 0 amide bonds. The number of thiophene rings is 1. The molecule has 0 saturated carbocycles. The van der Waals surface area contributed by atoms with Crippen molar-refractivity contribution in [3.05, 3.63) is 240 Å². The molecule has 5 nitrogen and oxygen atoms in total. The summed E-state index contributed by atoms with van der Waals surface area (Å²) in [5.74, 6) is 0. The van der Waals surface area contributed by atoms with Crippen molar-refractivity contribution in [2.75, 3.05) is 14.7 Å². The Morgan fingerprint density at radius 1 is 0.312 bits per heavy atom. The predicted octanol–water partition coefficient (Wildman–Crippen LogP) is 22.6. The van der Waals surface area contributed by atoms with Gasteiger partial charge >= 0.3 is 0 Å². The van der Waals surface area contributed by atoms with Crippen molar-refractivity contribution in [3.63, 3.8) is 0 Å². The van der Waals surface area contributed by atoms with E-state index in [9.17, 15) is 0 Å². The molecule has 6 heterocycles. The van der Waals surface area contributed by atoms with Crippen molar-refractivity contribution in [3.8, 4) is 11.4 Å². The summed E-state index contributed by atoms with van der Waals surface area (Å²) in [6.07, 6.45) is 0. The van der Waals surface area contributed by atoms with Crippen molar-refractivity contribution in [2.45, 2.75) is 131 Å². The monoisotopic (exact) mass is 1230 g/mol. The molecule has 0 spiro atoms. The highest BCUT2D eigenvalue weighted by Crippen LogP contribution is 2.56. The van der Waals surface area contributed by atoms with Crippen LogP contribution in [0, 0.1) is 0 Å². The van der Waals surface area contributed by atoms with E-state index in [0.29, 0.717) is 0 Å². The van der Waals surface area contributed by atoms with Crippen LogP contribution in [0.3, 0.4) is 0 Å². The van der Waals surface area contributed by atoms with Gasteiger partial charge in [-0.2, -0.15) is 0 Å². The summed E-state index contributed by atoms with van der Waals surface area (Å²) < 4.78 is 7.79. The van der Waals surface area contributed by atoms with Crippen LogP contribution in [0.2, 0.25) is 0 Å². The minimum Gasteiger partial charge on any atom is -0.311 e. The van der Waals surface area contributed by atoms with E-state index in [-0.39, 0.29) is 33.8 Å². The largest absolute Gasteiger partial charge is 0.311 e. The molecule has 0 saturated heterocycles. The van der Waals surface area contributed by atoms with Gasteiger partial charge in [0.1, 0.15) is 0 Å². The average Bonchev–Trinajstić information content (AvgIpc) is 1.67. The van der Waals surface area contributed by atoms with Gasteiger partial charge in [0.15, 0.2) is 0 Å². The number of fused-ring (bicyclic) bond motifs is 15.